The molecule has 0 aromatic heterocycles. The van der Waals surface area contributed by atoms with Gasteiger partial charge in [0.25, 0.3) is 0 Å². The number of anilines is 1. The molecule has 2 rings (SSSR count). The minimum Gasteiger partial charge on any atom is -0.324 e. The molecule has 1 amide bonds. The van der Waals surface area contributed by atoms with E-state index in [9.17, 15) is 4.79 Å². The number of carbonyl (C=O) groups is 1. The summed E-state index contributed by atoms with van der Waals surface area (Å²) in [6, 6.07) is 6.23. The minimum atomic E-state index is 0.0395. The van der Waals surface area contributed by atoms with Crippen LogP contribution in [0.3, 0.4) is 0 Å². The third kappa shape index (κ3) is 2.70. The van der Waals surface area contributed by atoms with Crippen LogP contribution in [0, 0.1) is 0 Å². The topological polar surface area (TPSA) is 46.3 Å². The van der Waals surface area contributed by atoms with E-state index >= 15 is 0 Å². The molecule has 1 unspecified atom stereocenters. The van der Waals surface area contributed by atoms with Crippen LogP contribution in [0.1, 0.15) is 38.3 Å². The summed E-state index contributed by atoms with van der Waals surface area (Å²) in [5.41, 5.74) is 8.08. The summed E-state index contributed by atoms with van der Waals surface area (Å²) < 4.78 is 0. The van der Waals surface area contributed by atoms with Crippen molar-refractivity contribution in [1.29, 1.82) is 0 Å². The zero-order valence-corrected chi connectivity index (χ0v) is 11.8. The molecule has 0 fully saturated rings. The molecule has 1 aromatic rings. The van der Waals surface area contributed by atoms with Gasteiger partial charge in [0.1, 0.15) is 0 Å². The fourth-order valence-electron chi connectivity index (χ4n) is 2.07. The molecule has 1 aromatic carbocycles. The molecule has 0 saturated heterocycles. The lowest BCUT2D eigenvalue weighted by molar-refractivity contribution is -0.116. The molecular formula is C14H20N2OS. The number of carbonyl (C=O) groups excluding carboxylic acids is 1. The van der Waals surface area contributed by atoms with Gasteiger partial charge in [-0.15, -0.1) is 11.8 Å². The van der Waals surface area contributed by atoms with Gasteiger partial charge in [0.15, 0.2) is 0 Å². The molecule has 4 heteroatoms. The molecule has 1 aliphatic heterocycles. The highest BCUT2D eigenvalue weighted by Gasteiger charge is 2.24. The van der Waals surface area contributed by atoms with E-state index < -0.39 is 0 Å². The Morgan fingerprint density at radius 3 is 2.94 bits per heavy atom. The van der Waals surface area contributed by atoms with E-state index in [4.69, 9.17) is 5.73 Å². The number of hydrogen-bond donors (Lipinski definition) is 1. The van der Waals surface area contributed by atoms with Crippen molar-refractivity contribution in [3.05, 3.63) is 23.8 Å². The second-order valence-corrected chi connectivity index (χ2v) is 5.72. The highest BCUT2D eigenvalue weighted by atomic mass is 32.2. The number of rotatable bonds is 4. The zero-order chi connectivity index (χ0) is 13.1. The summed E-state index contributed by atoms with van der Waals surface area (Å²) in [7, 11) is 0. The van der Waals surface area contributed by atoms with Crippen LogP contribution >= 0.6 is 11.8 Å². The number of nitrogens with zero attached hydrogens (tertiary/aromatic N) is 1. The predicted octanol–water partition coefficient (Wildman–Crippen LogP) is 2.95. The maximum atomic E-state index is 12.0. The molecule has 0 bridgehead atoms. The van der Waals surface area contributed by atoms with Crippen LogP contribution in [-0.4, -0.2) is 18.2 Å². The number of unbranched alkanes of at least 4 members (excludes halogenated alkanes) is 1. The van der Waals surface area contributed by atoms with Gasteiger partial charge in [-0.1, -0.05) is 19.4 Å². The number of benzene rings is 1. The fourth-order valence-corrected chi connectivity index (χ4v) is 3.05. The molecule has 1 aliphatic rings. The monoisotopic (exact) mass is 264 g/mol. The Labute approximate surface area is 113 Å². The third-order valence-corrected chi connectivity index (χ3v) is 4.22. The van der Waals surface area contributed by atoms with Gasteiger partial charge in [-0.3, -0.25) is 4.79 Å². The molecule has 0 radical (unpaired) electrons. The molecular weight excluding hydrogens is 244 g/mol. The SMILES string of the molecule is CCCCN1C(=O)CSc2cc(C(C)N)ccc21. The zero-order valence-electron chi connectivity index (χ0n) is 11.0. The second-order valence-electron chi connectivity index (χ2n) is 4.70. The normalized spacial score (nSPS) is 16.6. The summed E-state index contributed by atoms with van der Waals surface area (Å²) in [5.74, 6) is 0.758. The predicted molar refractivity (Wildman–Crippen MR) is 77.0 cm³/mol. The van der Waals surface area contributed by atoms with E-state index in [0.717, 1.165) is 30.6 Å². The first kappa shape index (κ1) is 13.4. The summed E-state index contributed by atoms with van der Waals surface area (Å²) in [4.78, 5) is 15.1. The first-order chi connectivity index (χ1) is 8.63. The van der Waals surface area contributed by atoms with E-state index in [2.05, 4.69) is 13.0 Å². The Bertz CT molecular complexity index is 445. The second kappa shape index (κ2) is 5.76. The van der Waals surface area contributed by atoms with Crippen molar-refractivity contribution < 1.29 is 4.79 Å². The van der Waals surface area contributed by atoms with E-state index in [-0.39, 0.29) is 11.9 Å². The van der Waals surface area contributed by atoms with Crippen molar-refractivity contribution in [3.8, 4) is 0 Å². The lowest BCUT2D eigenvalue weighted by atomic mass is 10.1. The Balaban J connectivity index is 2.29. The molecule has 98 valence electrons. The molecule has 1 atom stereocenters. The lowest BCUT2D eigenvalue weighted by Gasteiger charge is -2.29. The van der Waals surface area contributed by atoms with Gasteiger partial charge in [0, 0.05) is 17.5 Å². The molecule has 0 aliphatic carbocycles. The lowest BCUT2D eigenvalue weighted by Crippen LogP contribution is -2.36. The van der Waals surface area contributed by atoms with Crippen LogP contribution in [0.2, 0.25) is 0 Å². The van der Waals surface area contributed by atoms with Crippen LogP contribution in [0.15, 0.2) is 23.1 Å². The third-order valence-electron chi connectivity index (χ3n) is 3.19. The van der Waals surface area contributed by atoms with E-state index in [1.165, 1.54) is 4.90 Å². The first-order valence-electron chi connectivity index (χ1n) is 6.46. The van der Waals surface area contributed by atoms with Crippen molar-refractivity contribution in [2.45, 2.75) is 37.6 Å². The molecule has 18 heavy (non-hydrogen) atoms. The van der Waals surface area contributed by atoms with Crippen LogP contribution in [0.5, 0.6) is 0 Å². The van der Waals surface area contributed by atoms with Crippen LogP contribution in [0.25, 0.3) is 0 Å². The van der Waals surface area contributed by atoms with Gasteiger partial charge in [0.2, 0.25) is 5.91 Å². The molecule has 3 nitrogen and oxygen atoms in total. The van der Waals surface area contributed by atoms with Gasteiger partial charge in [-0.2, -0.15) is 0 Å². The van der Waals surface area contributed by atoms with E-state index in [0.29, 0.717) is 5.75 Å². The number of thioether (sulfide) groups is 1. The van der Waals surface area contributed by atoms with Gasteiger partial charge in [-0.25, -0.2) is 0 Å². The number of nitrogens with two attached hydrogens (primary N) is 1. The van der Waals surface area contributed by atoms with Gasteiger partial charge in [-0.05, 0) is 31.0 Å². The van der Waals surface area contributed by atoms with Gasteiger partial charge < -0.3 is 10.6 Å². The number of hydrogen-bond acceptors (Lipinski definition) is 3. The quantitative estimate of drug-likeness (QED) is 0.909. The number of fused-ring (bicyclic) bond motifs is 1. The molecule has 0 saturated carbocycles. The van der Waals surface area contributed by atoms with Crippen molar-refractivity contribution in [3.63, 3.8) is 0 Å². The Morgan fingerprint density at radius 2 is 2.28 bits per heavy atom. The standard InChI is InChI=1S/C14H20N2OS/c1-3-4-7-16-12-6-5-11(10(2)15)8-13(12)18-9-14(16)17/h5-6,8,10H,3-4,7,9,15H2,1-2H3. The maximum absolute atomic E-state index is 12.0. The number of amides is 1. The van der Waals surface area contributed by atoms with Crippen LogP contribution in [-0.2, 0) is 4.79 Å². The summed E-state index contributed by atoms with van der Waals surface area (Å²) >= 11 is 1.62. The summed E-state index contributed by atoms with van der Waals surface area (Å²) in [5, 5.41) is 0. The average Bonchev–Trinajstić information content (AvgIpc) is 2.37. The van der Waals surface area contributed by atoms with E-state index in [1.807, 2.05) is 24.0 Å². The smallest absolute Gasteiger partial charge is 0.237 e. The van der Waals surface area contributed by atoms with Crippen molar-refractivity contribution in [2.75, 3.05) is 17.2 Å². The van der Waals surface area contributed by atoms with Crippen molar-refractivity contribution >= 4 is 23.4 Å². The Morgan fingerprint density at radius 1 is 1.50 bits per heavy atom. The van der Waals surface area contributed by atoms with Crippen molar-refractivity contribution in [2.24, 2.45) is 5.73 Å². The first-order valence-corrected chi connectivity index (χ1v) is 7.44. The van der Waals surface area contributed by atoms with Crippen molar-refractivity contribution in [1.82, 2.24) is 0 Å². The van der Waals surface area contributed by atoms with E-state index in [1.54, 1.807) is 11.8 Å². The highest BCUT2D eigenvalue weighted by Crippen LogP contribution is 2.36. The fraction of sp³-hybridized carbons (Fsp3) is 0.500. The van der Waals surface area contributed by atoms with Crippen LogP contribution < -0.4 is 10.6 Å². The summed E-state index contributed by atoms with van der Waals surface area (Å²) in [6.07, 6.45) is 2.15. The molecule has 0 spiro atoms. The maximum Gasteiger partial charge on any atom is 0.237 e. The highest BCUT2D eigenvalue weighted by molar-refractivity contribution is 8.00. The van der Waals surface area contributed by atoms with Gasteiger partial charge in [0.05, 0.1) is 11.4 Å². The summed E-state index contributed by atoms with van der Waals surface area (Å²) in [6.45, 7) is 4.94. The van der Waals surface area contributed by atoms with Crippen LogP contribution in [0.4, 0.5) is 5.69 Å². The van der Waals surface area contributed by atoms with Gasteiger partial charge >= 0.3 is 0 Å². The minimum absolute atomic E-state index is 0.0395. The Hall–Kier alpha value is -1.00. The average molecular weight is 264 g/mol. The molecule has 1 heterocycles. The largest absolute Gasteiger partial charge is 0.324 e. The molecule has 2 N–H and O–H groups in total. The Kier molecular flexibility index (Phi) is 4.30.